The van der Waals surface area contributed by atoms with Crippen molar-refractivity contribution in [3.8, 4) is 0 Å². The first-order valence-corrected chi connectivity index (χ1v) is 6.38. The molecule has 100 valence electrons. The average molecular weight is 251 g/mol. The summed E-state index contributed by atoms with van der Waals surface area (Å²) in [6, 6.07) is 0.0267. The van der Waals surface area contributed by atoms with E-state index >= 15 is 0 Å². The summed E-state index contributed by atoms with van der Waals surface area (Å²) in [6.45, 7) is -1.13. The van der Waals surface area contributed by atoms with Crippen molar-refractivity contribution < 1.29 is 17.9 Å². The third-order valence-electron chi connectivity index (χ3n) is 4.33. The van der Waals surface area contributed by atoms with Gasteiger partial charge in [0.1, 0.15) is 6.61 Å². The Bertz CT molecular complexity index is 259. The first-order valence-electron chi connectivity index (χ1n) is 6.38. The summed E-state index contributed by atoms with van der Waals surface area (Å²) >= 11 is 0. The van der Waals surface area contributed by atoms with E-state index in [9.17, 15) is 13.2 Å². The van der Waals surface area contributed by atoms with Crippen molar-refractivity contribution in [2.24, 2.45) is 11.1 Å². The summed E-state index contributed by atoms with van der Waals surface area (Å²) in [5.74, 6) is 0. The highest BCUT2D eigenvalue weighted by atomic mass is 19.4. The number of nitrogens with two attached hydrogens (primary N) is 1. The fraction of sp³-hybridized carbons (Fsp3) is 1.00. The van der Waals surface area contributed by atoms with Crippen LogP contribution in [0.1, 0.15) is 44.9 Å². The van der Waals surface area contributed by atoms with Crippen molar-refractivity contribution >= 4 is 0 Å². The molecule has 0 amide bonds. The largest absolute Gasteiger partial charge is 0.411 e. The predicted molar refractivity (Wildman–Crippen MR) is 58.5 cm³/mol. The van der Waals surface area contributed by atoms with E-state index in [0.717, 1.165) is 25.7 Å². The van der Waals surface area contributed by atoms with Crippen LogP contribution in [0.25, 0.3) is 0 Å². The Hall–Kier alpha value is -0.290. The predicted octanol–water partition coefficient (Wildman–Crippen LogP) is 3.01. The van der Waals surface area contributed by atoms with Crippen LogP contribution < -0.4 is 5.73 Å². The van der Waals surface area contributed by atoms with E-state index in [1.165, 1.54) is 12.8 Å². The summed E-state index contributed by atoms with van der Waals surface area (Å²) in [5.41, 5.74) is 5.86. The summed E-state index contributed by atoms with van der Waals surface area (Å²) in [4.78, 5) is 0. The number of halogens is 3. The highest BCUT2D eigenvalue weighted by molar-refractivity contribution is 5.07. The van der Waals surface area contributed by atoms with Crippen LogP contribution in [0.5, 0.6) is 0 Å². The maximum atomic E-state index is 12.2. The zero-order chi connectivity index (χ0) is 12.5. The van der Waals surface area contributed by atoms with Crippen LogP contribution in [0.15, 0.2) is 0 Å². The first kappa shape index (κ1) is 13.1. The normalized spacial score (nSPS) is 33.2. The second kappa shape index (κ2) is 4.76. The minimum absolute atomic E-state index is 0.0267. The summed E-state index contributed by atoms with van der Waals surface area (Å²) < 4.78 is 41.5. The standard InChI is InChI=1S/C12H20F3NO/c13-12(14,15)8-17-10-7-9(16)11(10)5-3-1-2-4-6-11/h9-10H,1-8,16H2. The second-order valence-electron chi connectivity index (χ2n) is 5.40. The van der Waals surface area contributed by atoms with Crippen LogP contribution >= 0.6 is 0 Å². The molecule has 0 heterocycles. The lowest BCUT2D eigenvalue weighted by molar-refractivity contribution is -0.222. The van der Waals surface area contributed by atoms with Gasteiger partial charge in [-0.2, -0.15) is 13.2 Å². The molecular weight excluding hydrogens is 231 g/mol. The minimum Gasteiger partial charge on any atom is -0.368 e. The smallest absolute Gasteiger partial charge is 0.368 e. The van der Waals surface area contributed by atoms with Crippen molar-refractivity contribution in [1.82, 2.24) is 0 Å². The Kier molecular flexibility index (Phi) is 3.69. The molecule has 2 aliphatic rings. The molecule has 0 aromatic carbocycles. The number of hydrogen-bond acceptors (Lipinski definition) is 2. The van der Waals surface area contributed by atoms with Gasteiger partial charge in [0, 0.05) is 11.5 Å². The van der Waals surface area contributed by atoms with E-state index in [-0.39, 0.29) is 17.6 Å². The number of ether oxygens (including phenoxy) is 1. The van der Waals surface area contributed by atoms with Crippen molar-refractivity contribution in [1.29, 1.82) is 0 Å². The molecule has 1 spiro atoms. The molecule has 2 nitrogen and oxygen atoms in total. The molecule has 17 heavy (non-hydrogen) atoms. The molecule has 2 unspecified atom stereocenters. The van der Waals surface area contributed by atoms with E-state index in [1.54, 1.807) is 0 Å². The molecule has 0 aromatic rings. The molecule has 2 aliphatic carbocycles. The molecule has 2 fully saturated rings. The Labute approximate surface area is 99.7 Å². The SMILES string of the molecule is NC1CC(OCC(F)(F)F)C12CCCCCC2. The lowest BCUT2D eigenvalue weighted by atomic mass is 9.58. The molecule has 0 bridgehead atoms. The van der Waals surface area contributed by atoms with Gasteiger partial charge in [-0.1, -0.05) is 25.7 Å². The molecule has 2 atom stereocenters. The van der Waals surface area contributed by atoms with Crippen molar-refractivity contribution in [2.75, 3.05) is 6.61 Å². The van der Waals surface area contributed by atoms with Gasteiger partial charge in [-0.15, -0.1) is 0 Å². The molecule has 0 saturated heterocycles. The van der Waals surface area contributed by atoms with Crippen LogP contribution in [-0.4, -0.2) is 24.9 Å². The molecular formula is C12H20F3NO. The zero-order valence-electron chi connectivity index (χ0n) is 9.93. The number of hydrogen-bond donors (Lipinski definition) is 1. The van der Waals surface area contributed by atoms with Gasteiger partial charge < -0.3 is 10.5 Å². The van der Waals surface area contributed by atoms with E-state index in [1.807, 2.05) is 0 Å². The van der Waals surface area contributed by atoms with Crippen molar-refractivity contribution in [2.45, 2.75) is 63.3 Å². The molecule has 0 radical (unpaired) electrons. The van der Waals surface area contributed by atoms with Crippen LogP contribution in [0.2, 0.25) is 0 Å². The van der Waals surface area contributed by atoms with Gasteiger partial charge in [-0.3, -0.25) is 0 Å². The Morgan fingerprint density at radius 2 is 1.71 bits per heavy atom. The van der Waals surface area contributed by atoms with Crippen LogP contribution in [0.4, 0.5) is 13.2 Å². The van der Waals surface area contributed by atoms with Gasteiger partial charge >= 0.3 is 6.18 Å². The summed E-state index contributed by atoms with van der Waals surface area (Å²) in [7, 11) is 0. The van der Waals surface area contributed by atoms with Gasteiger partial charge in [0.2, 0.25) is 0 Å². The van der Waals surface area contributed by atoms with Gasteiger partial charge in [0.25, 0.3) is 0 Å². The molecule has 5 heteroatoms. The molecule has 2 rings (SSSR count). The van der Waals surface area contributed by atoms with Crippen molar-refractivity contribution in [3.05, 3.63) is 0 Å². The summed E-state index contributed by atoms with van der Waals surface area (Å²) in [6.07, 6.45) is 2.40. The third-order valence-corrected chi connectivity index (χ3v) is 4.33. The molecule has 0 aromatic heterocycles. The zero-order valence-corrected chi connectivity index (χ0v) is 9.93. The Morgan fingerprint density at radius 3 is 2.18 bits per heavy atom. The fourth-order valence-corrected chi connectivity index (χ4v) is 3.29. The van der Waals surface area contributed by atoms with E-state index < -0.39 is 12.8 Å². The van der Waals surface area contributed by atoms with Crippen LogP contribution in [-0.2, 0) is 4.74 Å². The fourth-order valence-electron chi connectivity index (χ4n) is 3.29. The van der Waals surface area contributed by atoms with Crippen LogP contribution in [0.3, 0.4) is 0 Å². The van der Waals surface area contributed by atoms with Crippen LogP contribution in [0, 0.1) is 5.41 Å². The Morgan fingerprint density at radius 1 is 1.12 bits per heavy atom. The Balaban J connectivity index is 1.94. The van der Waals surface area contributed by atoms with Gasteiger partial charge in [0.05, 0.1) is 6.10 Å². The summed E-state index contributed by atoms with van der Waals surface area (Å²) in [5, 5.41) is 0. The van der Waals surface area contributed by atoms with E-state index in [4.69, 9.17) is 10.5 Å². The van der Waals surface area contributed by atoms with Gasteiger partial charge in [-0.25, -0.2) is 0 Å². The topological polar surface area (TPSA) is 35.2 Å². The quantitative estimate of drug-likeness (QED) is 0.818. The first-order chi connectivity index (χ1) is 7.94. The number of alkyl halides is 3. The van der Waals surface area contributed by atoms with E-state index in [0.29, 0.717) is 6.42 Å². The van der Waals surface area contributed by atoms with E-state index in [2.05, 4.69) is 0 Å². The maximum Gasteiger partial charge on any atom is 0.411 e. The third kappa shape index (κ3) is 2.76. The number of rotatable bonds is 2. The molecule has 2 N–H and O–H groups in total. The lowest BCUT2D eigenvalue weighted by Gasteiger charge is -2.54. The lowest BCUT2D eigenvalue weighted by Crippen LogP contribution is -2.62. The highest BCUT2D eigenvalue weighted by Gasteiger charge is 2.54. The average Bonchev–Trinajstić information content (AvgIpc) is 2.49. The van der Waals surface area contributed by atoms with Crippen molar-refractivity contribution in [3.63, 3.8) is 0 Å². The van der Waals surface area contributed by atoms with Gasteiger partial charge in [-0.05, 0) is 19.3 Å². The molecule has 2 saturated carbocycles. The second-order valence-corrected chi connectivity index (χ2v) is 5.40. The van der Waals surface area contributed by atoms with Gasteiger partial charge in [0.15, 0.2) is 0 Å². The highest BCUT2D eigenvalue weighted by Crippen LogP contribution is 2.51. The molecule has 0 aliphatic heterocycles. The maximum absolute atomic E-state index is 12.2. The monoisotopic (exact) mass is 251 g/mol. The minimum atomic E-state index is -4.23.